The molecule has 0 aromatic heterocycles. The highest BCUT2D eigenvalue weighted by molar-refractivity contribution is 5.91. The van der Waals surface area contributed by atoms with E-state index in [0.717, 1.165) is 11.3 Å². The smallest absolute Gasteiger partial charge is 0.225 e. The summed E-state index contributed by atoms with van der Waals surface area (Å²) in [4.78, 5) is 11.9. The molecular weight excluding hydrogens is 291 g/mol. The maximum Gasteiger partial charge on any atom is 0.225 e. The lowest BCUT2D eigenvalue weighted by molar-refractivity contribution is -0.116. The summed E-state index contributed by atoms with van der Waals surface area (Å²) in [5.41, 5.74) is 3.79. The third-order valence-corrected chi connectivity index (χ3v) is 3.71. The van der Waals surface area contributed by atoms with Crippen LogP contribution in [-0.2, 0) is 11.2 Å². The molecule has 0 radical (unpaired) electrons. The van der Waals surface area contributed by atoms with E-state index in [4.69, 9.17) is 0 Å². The lowest BCUT2D eigenvalue weighted by Gasteiger charge is -2.10. The maximum absolute atomic E-state index is 13.4. The molecule has 1 amide bonds. The number of amides is 1. The highest BCUT2D eigenvalue weighted by atomic mass is 19.1. The third kappa shape index (κ3) is 5.49. The van der Waals surface area contributed by atoms with Gasteiger partial charge in [-0.25, -0.2) is 4.39 Å². The summed E-state index contributed by atoms with van der Waals surface area (Å²) in [5.74, 6) is -0.197. The summed E-state index contributed by atoms with van der Waals surface area (Å²) in [7, 11) is 0. The zero-order valence-electron chi connectivity index (χ0n) is 13.7. The van der Waals surface area contributed by atoms with Crippen molar-refractivity contribution in [2.24, 2.45) is 0 Å². The Morgan fingerprint density at radius 3 is 2.61 bits per heavy atom. The molecule has 0 aliphatic heterocycles. The molecule has 4 heteroatoms. The molecule has 2 N–H and O–H groups in total. The Kier molecular flexibility index (Phi) is 6.29. The second-order valence-electron chi connectivity index (χ2n) is 5.71. The van der Waals surface area contributed by atoms with Crippen LogP contribution in [0.25, 0.3) is 0 Å². The Morgan fingerprint density at radius 1 is 1.09 bits per heavy atom. The number of anilines is 1. The Labute approximate surface area is 136 Å². The van der Waals surface area contributed by atoms with E-state index in [0.29, 0.717) is 31.5 Å². The third-order valence-electron chi connectivity index (χ3n) is 3.71. The zero-order valence-corrected chi connectivity index (χ0v) is 13.7. The van der Waals surface area contributed by atoms with Gasteiger partial charge in [0.2, 0.25) is 5.91 Å². The minimum atomic E-state index is -0.179. The van der Waals surface area contributed by atoms with Crippen molar-refractivity contribution in [3.05, 3.63) is 65.0 Å². The molecule has 2 rings (SSSR count). The zero-order chi connectivity index (χ0) is 16.7. The van der Waals surface area contributed by atoms with Crippen molar-refractivity contribution in [2.75, 3.05) is 18.4 Å². The molecule has 0 spiro atoms. The Balaban J connectivity index is 1.68. The van der Waals surface area contributed by atoms with E-state index in [1.165, 1.54) is 11.6 Å². The molecule has 23 heavy (non-hydrogen) atoms. The predicted octanol–water partition coefficient (Wildman–Crippen LogP) is 3.60. The van der Waals surface area contributed by atoms with E-state index in [9.17, 15) is 9.18 Å². The summed E-state index contributed by atoms with van der Waals surface area (Å²) in [6.45, 7) is 5.23. The molecule has 122 valence electrons. The number of carbonyl (C=O) groups excluding carboxylic acids is 1. The molecule has 2 aromatic carbocycles. The number of hydrogen-bond acceptors (Lipinski definition) is 2. The van der Waals surface area contributed by atoms with E-state index >= 15 is 0 Å². The molecule has 0 aliphatic rings. The Hall–Kier alpha value is -2.20. The van der Waals surface area contributed by atoms with Crippen LogP contribution in [0.1, 0.15) is 23.1 Å². The molecule has 0 unspecified atom stereocenters. The van der Waals surface area contributed by atoms with E-state index in [-0.39, 0.29) is 11.7 Å². The largest absolute Gasteiger partial charge is 0.326 e. The first kappa shape index (κ1) is 17.2. The molecule has 2 aromatic rings. The summed E-state index contributed by atoms with van der Waals surface area (Å²) >= 11 is 0. The first-order chi connectivity index (χ1) is 11.1. The fourth-order valence-corrected chi connectivity index (χ4v) is 2.42. The van der Waals surface area contributed by atoms with Crippen LogP contribution in [0.4, 0.5) is 10.1 Å². The van der Waals surface area contributed by atoms with Gasteiger partial charge in [-0.15, -0.1) is 0 Å². The minimum absolute atomic E-state index is 0.0182. The number of carbonyl (C=O) groups is 1. The standard InChI is InChI=1S/C19H23FN2O/c1-14-7-8-18(15(2)13-14)22-19(23)10-12-21-11-9-16-5-3-4-6-17(16)20/h3-8,13,21H,9-12H2,1-2H3,(H,22,23). The molecule has 3 nitrogen and oxygen atoms in total. The van der Waals surface area contributed by atoms with E-state index in [1.807, 2.05) is 38.1 Å². The van der Waals surface area contributed by atoms with Gasteiger partial charge in [-0.2, -0.15) is 0 Å². The van der Waals surface area contributed by atoms with Crippen molar-refractivity contribution in [1.82, 2.24) is 5.32 Å². The number of benzene rings is 2. The van der Waals surface area contributed by atoms with Gasteiger partial charge in [-0.1, -0.05) is 35.9 Å². The molecule has 0 fully saturated rings. The van der Waals surface area contributed by atoms with Gasteiger partial charge in [0, 0.05) is 18.7 Å². The number of aryl methyl sites for hydroxylation is 2. The summed E-state index contributed by atoms with van der Waals surface area (Å²) in [6.07, 6.45) is 1.01. The quantitative estimate of drug-likeness (QED) is 0.767. The Bertz CT molecular complexity index is 670. The average molecular weight is 314 g/mol. The van der Waals surface area contributed by atoms with Crippen LogP contribution in [-0.4, -0.2) is 19.0 Å². The highest BCUT2D eigenvalue weighted by Gasteiger charge is 2.05. The lowest BCUT2D eigenvalue weighted by atomic mass is 10.1. The van der Waals surface area contributed by atoms with Crippen LogP contribution in [0.2, 0.25) is 0 Å². The van der Waals surface area contributed by atoms with Crippen molar-refractivity contribution >= 4 is 11.6 Å². The van der Waals surface area contributed by atoms with Gasteiger partial charge in [0.1, 0.15) is 5.82 Å². The summed E-state index contributed by atoms with van der Waals surface area (Å²) in [6, 6.07) is 12.7. The van der Waals surface area contributed by atoms with Crippen LogP contribution >= 0.6 is 0 Å². The van der Waals surface area contributed by atoms with Gasteiger partial charge in [0.25, 0.3) is 0 Å². The summed E-state index contributed by atoms with van der Waals surface area (Å²) < 4.78 is 13.4. The van der Waals surface area contributed by atoms with Gasteiger partial charge in [-0.05, 0) is 50.1 Å². The molecule has 0 heterocycles. The second kappa shape index (κ2) is 8.44. The molecule has 0 aliphatic carbocycles. The van der Waals surface area contributed by atoms with Gasteiger partial charge in [0.15, 0.2) is 0 Å². The first-order valence-electron chi connectivity index (χ1n) is 7.87. The maximum atomic E-state index is 13.4. The van der Waals surface area contributed by atoms with E-state index in [1.54, 1.807) is 12.1 Å². The number of nitrogens with one attached hydrogen (secondary N) is 2. The first-order valence-corrected chi connectivity index (χ1v) is 7.87. The van der Waals surface area contributed by atoms with E-state index < -0.39 is 0 Å². The van der Waals surface area contributed by atoms with E-state index in [2.05, 4.69) is 10.6 Å². The molecule has 0 saturated heterocycles. The van der Waals surface area contributed by atoms with Crippen molar-refractivity contribution in [3.63, 3.8) is 0 Å². The highest BCUT2D eigenvalue weighted by Crippen LogP contribution is 2.16. The number of hydrogen-bond donors (Lipinski definition) is 2. The average Bonchev–Trinajstić information content (AvgIpc) is 2.51. The van der Waals surface area contributed by atoms with Crippen molar-refractivity contribution in [3.8, 4) is 0 Å². The lowest BCUT2D eigenvalue weighted by Crippen LogP contribution is -2.24. The fourth-order valence-electron chi connectivity index (χ4n) is 2.42. The van der Waals surface area contributed by atoms with Crippen LogP contribution in [0.5, 0.6) is 0 Å². The molecule has 0 bridgehead atoms. The van der Waals surface area contributed by atoms with Crippen LogP contribution in [0.3, 0.4) is 0 Å². The van der Waals surface area contributed by atoms with Gasteiger partial charge < -0.3 is 10.6 Å². The number of halogens is 1. The summed E-state index contributed by atoms with van der Waals surface area (Å²) in [5, 5.41) is 6.09. The minimum Gasteiger partial charge on any atom is -0.326 e. The number of rotatable bonds is 7. The van der Waals surface area contributed by atoms with Crippen LogP contribution in [0.15, 0.2) is 42.5 Å². The van der Waals surface area contributed by atoms with Crippen LogP contribution in [0, 0.1) is 19.7 Å². The Morgan fingerprint density at radius 2 is 1.87 bits per heavy atom. The van der Waals surface area contributed by atoms with Crippen molar-refractivity contribution < 1.29 is 9.18 Å². The SMILES string of the molecule is Cc1ccc(NC(=O)CCNCCc2ccccc2F)c(C)c1. The van der Waals surface area contributed by atoms with Crippen molar-refractivity contribution in [2.45, 2.75) is 26.7 Å². The second-order valence-corrected chi connectivity index (χ2v) is 5.71. The molecular formula is C19H23FN2O. The molecule has 0 atom stereocenters. The normalized spacial score (nSPS) is 10.6. The predicted molar refractivity (Wildman–Crippen MR) is 92.1 cm³/mol. The van der Waals surface area contributed by atoms with Gasteiger partial charge >= 0.3 is 0 Å². The van der Waals surface area contributed by atoms with Gasteiger partial charge in [-0.3, -0.25) is 4.79 Å². The monoisotopic (exact) mass is 314 g/mol. The molecule has 0 saturated carbocycles. The topological polar surface area (TPSA) is 41.1 Å². The van der Waals surface area contributed by atoms with Gasteiger partial charge in [0.05, 0.1) is 0 Å². The fraction of sp³-hybridized carbons (Fsp3) is 0.316. The van der Waals surface area contributed by atoms with Crippen molar-refractivity contribution in [1.29, 1.82) is 0 Å². The van der Waals surface area contributed by atoms with Crippen LogP contribution < -0.4 is 10.6 Å².